The molecule has 5 N–H and O–H groups in total. The van der Waals surface area contributed by atoms with E-state index in [1.807, 2.05) is 30.9 Å². The summed E-state index contributed by atoms with van der Waals surface area (Å²) in [6.45, 7) is 5.39. The third-order valence-corrected chi connectivity index (χ3v) is 4.96. The molecular weight excluding hydrogens is 404 g/mol. The number of guanidine groups is 1. The number of benzene rings is 2. The Kier molecular flexibility index (Phi) is 7.34. The van der Waals surface area contributed by atoms with Crippen LogP contribution in [0.25, 0.3) is 0 Å². The number of carbonyl (C=O) groups is 2. The lowest BCUT2D eigenvalue weighted by Crippen LogP contribution is -2.46. The lowest BCUT2D eigenvalue weighted by atomic mass is 10.0. The highest BCUT2D eigenvalue weighted by atomic mass is 16.2. The Balaban J connectivity index is 1.61. The highest BCUT2D eigenvalue weighted by Crippen LogP contribution is 2.20. The maximum Gasteiger partial charge on any atom is 0.319 e. The zero-order valence-electron chi connectivity index (χ0n) is 18.3. The van der Waals surface area contributed by atoms with Gasteiger partial charge in [0.2, 0.25) is 5.91 Å². The summed E-state index contributed by atoms with van der Waals surface area (Å²) >= 11 is 0. The fourth-order valence-electron chi connectivity index (χ4n) is 3.36. The van der Waals surface area contributed by atoms with E-state index in [4.69, 9.17) is 12.2 Å². The molecule has 32 heavy (non-hydrogen) atoms. The molecule has 0 spiro atoms. The van der Waals surface area contributed by atoms with E-state index >= 15 is 0 Å². The number of carbonyl (C=O) groups excluding carboxylic acids is 2. The van der Waals surface area contributed by atoms with Gasteiger partial charge >= 0.3 is 6.03 Å². The summed E-state index contributed by atoms with van der Waals surface area (Å²) in [5, 5.41) is 8.37. The van der Waals surface area contributed by atoms with Crippen molar-refractivity contribution in [1.29, 1.82) is 0 Å². The standard InChI is InChI=1S/C24H28N6O2/c1-4-17-5-7-19(8-6-17)28-24(32)29-21(15-16(2)3)22(31)27-18-9-11-20(12-10-18)30-14-13-26-23(30)25/h1,5-12,16,21H,13-15H2,2-3H3,(H2,25,26)(H,27,31)(H2,28,29,32)/t21-/m1/s1. The number of urea groups is 1. The van der Waals surface area contributed by atoms with Crippen molar-refractivity contribution in [1.82, 2.24) is 5.32 Å². The first kappa shape index (κ1) is 22.7. The average molecular weight is 433 g/mol. The van der Waals surface area contributed by atoms with Crippen molar-refractivity contribution in [3.05, 3.63) is 54.1 Å². The molecule has 2 aromatic carbocycles. The summed E-state index contributed by atoms with van der Waals surface area (Å²) in [4.78, 5) is 31.4. The van der Waals surface area contributed by atoms with E-state index in [1.165, 1.54) is 0 Å². The molecular formula is C24H28N6O2. The second-order valence-corrected chi connectivity index (χ2v) is 7.93. The topological polar surface area (TPSA) is 112 Å². The van der Waals surface area contributed by atoms with Gasteiger partial charge in [0, 0.05) is 29.2 Å². The minimum Gasteiger partial charge on any atom is -0.370 e. The highest BCUT2D eigenvalue weighted by Gasteiger charge is 2.22. The molecule has 1 aliphatic heterocycles. The molecule has 8 nitrogen and oxygen atoms in total. The number of nitrogens with zero attached hydrogens (tertiary/aromatic N) is 2. The monoisotopic (exact) mass is 432 g/mol. The van der Waals surface area contributed by atoms with E-state index in [0.29, 0.717) is 30.3 Å². The second kappa shape index (κ2) is 10.4. The van der Waals surface area contributed by atoms with Crippen LogP contribution in [0.3, 0.4) is 0 Å². The van der Waals surface area contributed by atoms with Crippen LogP contribution in [0.5, 0.6) is 0 Å². The van der Waals surface area contributed by atoms with E-state index in [9.17, 15) is 9.59 Å². The fraction of sp³-hybridized carbons (Fsp3) is 0.292. The molecule has 0 radical (unpaired) electrons. The van der Waals surface area contributed by atoms with Crippen molar-refractivity contribution >= 4 is 35.0 Å². The molecule has 1 aliphatic rings. The van der Waals surface area contributed by atoms with Crippen molar-refractivity contribution < 1.29 is 9.59 Å². The molecule has 166 valence electrons. The van der Waals surface area contributed by atoms with Crippen LogP contribution in [0.1, 0.15) is 25.8 Å². The van der Waals surface area contributed by atoms with Crippen molar-refractivity contribution in [2.45, 2.75) is 26.3 Å². The van der Waals surface area contributed by atoms with Crippen molar-refractivity contribution in [3.8, 4) is 12.3 Å². The van der Waals surface area contributed by atoms with E-state index < -0.39 is 12.1 Å². The zero-order valence-corrected chi connectivity index (χ0v) is 18.3. The van der Waals surface area contributed by atoms with Crippen LogP contribution in [0.4, 0.5) is 21.9 Å². The van der Waals surface area contributed by atoms with Gasteiger partial charge in [0.1, 0.15) is 6.04 Å². The molecule has 8 heteroatoms. The number of rotatable bonds is 7. The predicted octanol–water partition coefficient (Wildman–Crippen LogP) is 2.98. The van der Waals surface area contributed by atoms with Crippen LogP contribution >= 0.6 is 0 Å². The van der Waals surface area contributed by atoms with Crippen molar-refractivity contribution in [3.63, 3.8) is 0 Å². The Labute approximate surface area is 188 Å². The van der Waals surface area contributed by atoms with Crippen LogP contribution < -0.4 is 26.6 Å². The number of nitrogens with two attached hydrogens (primary N) is 1. The molecule has 0 saturated heterocycles. The van der Waals surface area contributed by atoms with Gasteiger partial charge in [0.05, 0.1) is 6.54 Å². The number of hydrogen-bond donors (Lipinski definition) is 4. The Morgan fingerprint density at radius 3 is 2.28 bits per heavy atom. The molecule has 3 amide bonds. The van der Waals surface area contributed by atoms with Gasteiger partial charge in [-0.3, -0.25) is 9.79 Å². The molecule has 0 aliphatic carbocycles. The molecule has 3 rings (SSSR count). The number of anilines is 3. The van der Waals surface area contributed by atoms with Crippen molar-refractivity contribution in [2.24, 2.45) is 16.6 Å². The molecule has 0 bridgehead atoms. The number of nitrogens with one attached hydrogen (secondary N) is 3. The van der Waals surface area contributed by atoms with Gasteiger partial charge in [0.15, 0.2) is 5.96 Å². The van der Waals surface area contributed by atoms with Gasteiger partial charge in [-0.05, 0) is 60.9 Å². The van der Waals surface area contributed by atoms with Crippen molar-refractivity contribution in [2.75, 3.05) is 28.6 Å². The second-order valence-electron chi connectivity index (χ2n) is 7.93. The summed E-state index contributed by atoms with van der Waals surface area (Å²) in [5.74, 6) is 2.94. The average Bonchev–Trinajstić information content (AvgIpc) is 3.20. The Morgan fingerprint density at radius 1 is 1.09 bits per heavy atom. The summed E-state index contributed by atoms with van der Waals surface area (Å²) in [7, 11) is 0. The van der Waals surface area contributed by atoms with E-state index in [2.05, 4.69) is 26.9 Å². The number of hydrogen-bond acceptors (Lipinski definition) is 5. The zero-order chi connectivity index (χ0) is 23.1. The summed E-state index contributed by atoms with van der Waals surface area (Å²) in [6, 6.07) is 13.1. The third kappa shape index (κ3) is 6.01. The van der Waals surface area contributed by atoms with Crippen LogP contribution in [0.2, 0.25) is 0 Å². The Bertz CT molecular complexity index is 1020. The molecule has 1 atom stereocenters. The Morgan fingerprint density at radius 2 is 1.72 bits per heavy atom. The predicted molar refractivity (Wildman–Crippen MR) is 129 cm³/mol. The lowest BCUT2D eigenvalue weighted by Gasteiger charge is -2.21. The van der Waals surface area contributed by atoms with Crippen LogP contribution in [0, 0.1) is 18.3 Å². The van der Waals surface area contributed by atoms with Crippen LogP contribution in [-0.2, 0) is 4.79 Å². The smallest absolute Gasteiger partial charge is 0.319 e. The first-order valence-corrected chi connectivity index (χ1v) is 10.5. The summed E-state index contributed by atoms with van der Waals surface area (Å²) < 4.78 is 0. The van der Waals surface area contributed by atoms with E-state index in [-0.39, 0.29) is 11.8 Å². The summed E-state index contributed by atoms with van der Waals surface area (Å²) in [5.41, 5.74) is 8.74. The van der Waals surface area contributed by atoms with Gasteiger partial charge in [-0.2, -0.15) is 0 Å². The largest absolute Gasteiger partial charge is 0.370 e. The van der Waals surface area contributed by atoms with Crippen LogP contribution in [-0.4, -0.2) is 37.0 Å². The maximum atomic E-state index is 12.9. The first-order valence-electron chi connectivity index (χ1n) is 10.5. The number of terminal acetylenes is 1. The van der Waals surface area contributed by atoms with Gasteiger partial charge in [0.25, 0.3) is 0 Å². The maximum absolute atomic E-state index is 12.9. The Hall–Kier alpha value is -3.99. The number of amides is 3. The van der Waals surface area contributed by atoms with Gasteiger partial charge in [-0.25, -0.2) is 4.79 Å². The number of aliphatic imine (C=N–C) groups is 1. The molecule has 0 saturated carbocycles. The first-order chi connectivity index (χ1) is 15.4. The van der Waals surface area contributed by atoms with Crippen LogP contribution in [0.15, 0.2) is 53.5 Å². The third-order valence-electron chi connectivity index (χ3n) is 4.96. The minimum atomic E-state index is -0.694. The normalized spacial score (nSPS) is 13.8. The molecule has 0 fully saturated rings. The fourth-order valence-corrected chi connectivity index (χ4v) is 3.36. The molecule has 2 aromatic rings. The van der Waals surface area contributed by atoms with E-state index in [1.54, 1.807) is 36.4 Å². The van der Waals surface area contributed by atoms with E-state index in [0.717, 1.165) is 17.8 Å². The molecule has 0 unspecified atom stereocenters. The minimum absolute atomic E-state index is 0.209. The quantitative estimate of drug-likeness (QED) is 0.504. The molecule has 1 heterocycles. The lowest BCUT2D eigenvalue weighted by molar-refractivity contribution is -0.118. The SMILES string of the molecule is C#Cc1ccc(NC(=O)N[C@H](CC(C)C)C(=O)Nc2ccc(N3CCN=C3N)cc2)cc1. The van der Waals surface area contributed by atoms with Gasteiger partial charge in [-0.1, -0.05) is 19.8 Å². The van der Waals surface area contributed by atoms with Gasteiger partial charge < -0.3 is 26.6 Å². The highest BCUT2D eigenvalue weighted by molar-refractivity contribution is 6.00. The summed E-state index contributed by atoms with van der Waals surface area (Å²) in [6.07, 6.45) is 5.84. The molecule has 0 aromatic heterocycles. The van der Waals surface area contributed by atoms with Gasteiger partial charge in [-0.15, -0.1) is 6.42 Å².